The van der Waals surface area contributed by atoms with Crippen molar-refractivity contribution in [2.45, 2.75) is 53.2 Å². The first-order chi connectivity index (χ1) is 12.7. The highest BCUT2D eigenvalue weighted by Crippen LogP contribution is 2.21. The Labute approximate surface area is 164 Å². The lowest BCUT2D eigenvalue weighted by atomic mass is 10.2. The summed E-state index contributed by atoms with van der Waals surface area (Å²) in [5, 5.41) is 6.15. The molecule has 1 aromatic heterocycles. The Morgan fingerprint density at radius 3 is 2.56 bits per heavy atom. The molecule has 0 saturated heterocycles. The number of nitrogens with zero attached hydrogens (tertiary/aromatic N) is 2. The molecule has 1 aromatic carbocycles. The molecule has 3 amide bonds. The molecule has 0 saturated carbocycles. The van der Waals surface area contributed by atoms with E-state index in [1.807, 2.05) is 40.7 Å². The van der Waals surface area contributed by atoms with Gasteiger partial charge >= 0.3 is 6.03 Å². The number of amides is 3. The predicted octanol–water partition coefficient (Wildman–Crippen LogP) is 4.22. The minimum atomic E-state index is -0.310. The fourth-order valence-electron chi connectivity index (χ4n) is 2.32. The number of halogens is 1. The van der Waals surface area contributed by atoms with Gasteiger partial charge in [-0.15, -0.1) is 0 Å². The standard InChI is InChI=1S/C19H25ClN4O3/c1-11(2)21-18(25)16-10-27-17(23-16)9-24(12(3)4)19(26)22-14-7-6-13(5)15(20)8-14/h6-8,10-12H,9H2,1-5H3,(H,21,25)(H,22,26). The summed E-state index contributed by atoms with van der Waals surface area (Å²) in [6, 6.07) is 4.91. The number of rotatable bonds is 6. The van der Waals surface area contributed by atoms with Crippen molar-refractivity contribution in [2.75, 3.05) is 5.32 Å². The van der Waals surface area contributed by atoms with E-state index in [-0.39, 0.29) is 42.2 Å². The number of nitrogens with one attached hydrogen (secondary N) is 2. The maximum absolute atomic E-state index is 12.7. The summed E-state index contributed by atoms with van der Waals surface area (Å²) >= 11 is 6.11. The van der Waals surface area contributed by atoms with Crippen LogP contribution >= 0.6 is 11.6 Å². The number of carbonyl (C=O) groups excluding carboxylic acids is 2. The lowest BCUT2D eigenvalue weighted by molar-refractivity contribution is 0.0938. The minimum Gasteiger partial charge on any atom is -0.446 e. The van der Waals surface area contributed by atoms with Gasteiger partial charge in [0.05, 0.1) is 6.54 Å². The molecular formula is C19H25ClN4O3. The van der Waals surface area contributed by atoms with Gasteiger partial charge in [0.2, 0.25) is 5.89 Å². The Morgan fingerprint density at radius 2 is 1.96 bits per heavy atom. The topological polar surface area (TPSA) is 87.5 Å². The second-order valence-corrected chi connectivity index (χ2v) is 7.28. The first kappa shape index (κ1) is 20.8. The molecule has 0 fully saturated rings. The van der Waals surface area contributed by atoms with E-state index in [0.717, 1.165) is 5.56 Å². The van der Waals surface area contributed by atoms with Crippen molar-refractivity contribution in [3.8, 4) is 0 Å². The molecule has 2 N–H and O–H groups in total. The van der Waals surface area contributed by atoms with Gasteiger partial charge in [0, 0.05) is 22.8 Å². The molecule has 0 atom stereocenters. The quantitative estimate of drug-likeness (QED) is 0.770. The number of aryl methyl sites for hydroxylation is 1. The molecule has 0 spiro atoms. The van der Waals surface area contributed by atoms with E-state index in [9.17, 15) is 9.59 Å². The largest absolute Gasteiger partial charge is 0.446 e. The van der Waals surface area contributed by atoms with Crippen molar-refractivity contribution in [3.05, 3.63) is 46.6 Å². The van der Waals surface area contributed by atoms with Crippen LogP contribution in [-0.4, -0.2) is 33.9 Å². The van der Waals surface area contributed by atoms with Crippen molar-refractivity contribution < 1.29 is 14.0 Å². The van der Waals surface area contributed by atoms with Crippen LogP contribution < -0.4 is 10.6 Å². The predicted molar refractivity (Wildman–Crippen MR) is 105 cm³/mol. The first-order valence-corrected chi connectivity index (χ1v) is 9.14. The van der Waals surface area contributed by atoms with Gasteiger partial charge in [-0.2, -0.15) is 0 Å². The smallest absolute Gasteiger partial charge is 0.322 e. The Kier molecular flexibility index (Phi) is 6.85. The number of benzene rings is 1. The van der Waals surface area contributed by atoms with E-state index in [2.05, 4.69) is 15.6 Å². The van der Waals surface area contributed by atoms with Crippen molar-refractivity contribution >= 4 is 29.2 Å². The van der Waals surface area contributed by atoms with Crippen molar-refractivity contribution in [1.82, 2.24) is 15.2 Å². The lowest BCUT2D eigenvalue weighted by Gasteiger charge is -2.25. The highest BCUT2D eigenvalue weighted by Gasteiger charge is 2.21. The van der Waals surface area contributed by atoms with E-state index in [1.165, 1.54) is 6.26 Å². The van der Waals surface area contributed by atoms with Gasteiger partial charge in [-0.1, -0.05) is 17.7 Å². The van der Waals surface area contributed by atoms with E-state index < -0.39 is 0 Å². The summed E-state index contributed by atoms with van der Waals surface area (Å²) in [5.41, 5.74) is 1.72. The van der Waals surface area contributed by atoms with Crippen LogP contribution in [0.4, 0.5) is 10.5 Å². The molecule has 2 aromatic rings. The third-order valence-corrected chi connectivity index (χ3v) is 4.22. The number of hydrogen-bond donors (Lipinski definition) is 2. The van der Waals surface area contributed by atoms with Gasteiger partial charge in [0.1, 0.15) is 6.26 Å². The van der Waals surface area contributed by atoms with Gasteiger partial charge in [0.15, 0.2) is 5.69 Å². The van der Waals surface area contributed by atoms with Crippen molar-refractivity contribution in [2.24, 2.45) is 0 Å². The van der Waals surface area contributed by atoms with Crippen molar-refractivity contribution in [3.63, 3.8) is 0 Å². The van der Waals surface area contributed by atoms with E-state index in [0.29, 0.717) is 10.7 Å². The fourth-order valence-corrected chi connectivity index (χ4v) is 2.50. The third kappa shape index (κ3) is 5.72. The zero-order valence-corrected chi connectivity index (χ0v) is 16.9. The van der Waals surface area contributed by atoms with E-state index in [1.54, 1.807) is 17.0 Å². The summed E-state index contributed by atoms with van der Waals surface area (Å²) in [4.78, 5) is 30.4. The number of hydrogen-bond acceptors (Lipinski definition) is 4. The van der Waals surface area contributed by atoms with Gasteiger partial charge in [0.25, 0.3) is 5.91 Å². The molecule has 146 valence electrons. The number of anilines is 1. The Bertz CT molecular complexity index is 817. The lowest BCUT2D eigenvalue weighted by Crippen LogP contribution is -2.39. The Morgan fingerprint density at radius 1 is 1.26 bits per heavy atom. The summed E-state index contributed by atoms with van der Waals surface area (Å²) in [7, 11) is 0. The van der Waals surface area contributed by atoms with Crippen LogP contribution in [0.1, 0.15) is 49.6 Å². The summed E-state index contributed by atoms with van der Waals surface area (Å²) in [6.45, 7) is 9.53. The second kappa shape index (κ2) is 8.90. The van der Waals surface area contributed by atoms with Crippen molar-refractivity contribution in [1.29, 1.82) is 0 Å². The van der Waals surface area contributed by atoms with Crippen LogP contribution in [-0.2, 0) is 6.54 Å². The highest BCUT2D eigenvalue weighted by molar-refractivity contribution is 6.31. The average Bonchev–Trinajstić information content (AvgIpc) is 3.04. The van der Waals surface area contributed by atoms with Crippen LogP contribution in [0.3, 0.4) is 0 Å². The SMILES string of the molecule is Cc1ccc(NC(=O)N(Cc2nc(C(=O)NC(C)C)co2)C(C)C)cc1Cl. The third-order valence-electron chi connectivity index (χ3n) is 3.82. The van der Waals surface area contributed by atoms with Crippen LogP contribution in [0.5, 0.6) is 0 Å². The maximum Gasteiger partial charge on any atom is 0.322 e. The Balaban J connectivity index is 2.08. The van der Waals surface area contributed by atoms with Gasteiger partial charge < -0.3 is 20.0 Å². The molecular weight excluding hydrogens is 368 g/mol. The monoisotopic (exact) mass is 392 g/mol. The Hall–Kier alpha value is -2.54. The molecule has 2 rings (SSSR count). The number of urea groups is 1. The van der Waals surface area contributed by atoms with Gasteiger partial charge in [-0.3, -0.25) is 4.79 Å². The number of carbonyl (C=O) groups is 2. The van der Waals surface area contributed by atoms with Gasteiger partial charge in [-0.05, 0) is 52.3 Å². The molecule has 0 radical (unpaired) electrons. The maximum atomic E-state index is 12.7. The fraction of sp³-hybridized carbons (Fsp3) is 0.421. The van der Waals surface area contributed by atoms with Crippen LogP contribution in [0.15, 0.2) is 28.9 Å². The van der Waals surface area contributed by atoms with E-state index in [4.69, 9.17) is 16.0 Å². The zero-order valence-electron chi connectivity index (χ0n) is 16.2. The molecule has 8 heteroatoms. The average molecular weight is 393 g/mol. The molecule has 0 unspecified atom stereocenters. The molecule has 0 bridgehead atoms. The molecule has 1 heterocycles. The van der Waals surface area contributed by atoms with Crippen LogP contribution in [0, 0.1) is 6.92 Å². The zero-order chi connectivity index (χ0) is 20.1. The molecule has 27 heavy (non-hydrogen) atoms. The van der Waals surface area contributed by atoms with Crippen LogP contribution in [0.25, 0.3) is 0 Å². The van der Waals surface area contributed by atoms with Gasteiger partial charge in [-0.25, -0.2) is 9.78 Å². The minimum absolute atomic E-state index is 0.00285. The summed E-state index contributed by atoms with van der Waals surface area (Å²) in [5.74, 6) is -0.0236. The summed E-state index contributed by atoms with van der Waals surface area (Å²) in [6.07, 6.45) is 1.29. The molecule has 0 aliphatic rings. The summed E-state index contributed by atoms with van der Waals surface area (Å²) < 4.78 is 5.37. The first-order valence-electron chi connectivity index (χ1n) is 8.76. The van der Waals surface area contributed by atoms with Crippen LogP contribution in [0.2, 0.25) is 5.02 Å². The highest BCUT2D eigenvalue weighted by atomic mass is 35.5. The number of aromatic nitrogens is 1. The van der Waals surface area contributed by atoms with E-state index >= 15 is 0 Å². The number of oxazole rings is 1. The molecule has 0 aliphatic heterocycles. The molecule has 0 aliphatic carbocycles. The second-order valence-electron chi connectivity index (χ2n) is 6.87. The molecule has 7 nitrogen and oxygen atoms in total. The normalized spacial score (nSPS) is 11.0.